The lowest BCUT2D eigenvalue weighted by Crippen LogP contribution is -2.54. The number of hydrogen-bond donors (Lipinski definition) is 1. The molecule has 3 aromatic rings. The Balaban J connectivity index is 1.64. The SMILES string of the molecule is CCOc1cc(/C=C2\C(=O)NC(=O)N(c3ccc(I)cc3)C2=O)ccc1OC(=O)c1ccccc1. The molecule has 4 amide bonds. The highest BCUT2D eigenvalue weighted by Gasteiger charge is 2.36. The fraction of sp³-hybridized carbons (Fsp3) is 0.0769. The number of hydrogen-bond acceptors (Lipinski definition) is 6. The second-order valence-corrected chi connectivity index (χ2v) is 8.57. The molecule has 0 unspecified atom stereocenters. The van der Waals surface area contributed by atoms with E-state index >= 15 is 0 Å². The van der Waals surface area contributed by atoms with Crippen molar-refractivity contribution in [3.05, 3.63) is 93.1 Å². The normalized spacial score (nSPS) is 14.6. The van der Waals surface area contributed by atoms with Gasteiger partial charge < -0.3 is 9.47 Å². The molecule has 0 bridgehead atoms. The Morgan fingerprint density at radius 3 is 2.37 bits per heavy atom. The first kappa shape index (κ1) is 24.1. The zero-order valence-corrected chi connectivity index (χ0v) is 20.6. The molecule has 35 heavy (non-hydrogen) atoms. The molecule has 3 aromatic carbocycles. The fourth-order valence-corrected chi connectivity index (χ4v) is 3.71. The Morgan fingerprint density at radius 2 is 1.69 bits per heavy atom. The van der Waals surface area contributed by atoms with Crippen molar-refractivity contribution >= 4 is 58.2 Å². The van der Waals surface area contributed by atoms with Crippen molar-refractivity contribution in [2.45, 2.75) is 6.92 Å². The summed E-state index contributed by atoms with van der Waals surface area (Å²) in [5.41, 5.74) is 0.943. The molecule has 0 atom stereocenters. The number of rotatable bonds is 6. The Kier molecular flexibility index (Phi) is 7.25. The van der Waals surface area contributed by atoms with Crippen LogP contribution in [-0.2, 0) is 9.59 Å². The van der Waals surface area contributed by atoms with E-state index in [1.54, 1.807) is 73.7 Å². The van der Waals surface area contributed by atoms with E-state index < -0.39 is 23.8 Å². The molecule has 1 saturated heterocycles. The topological polar surface area (TPSA) is 102 Å². The lowest BCUT2D eigenvalue weighted by molar-refractivity contribution is -0.122. The molecule has 1 N–H and O–H groups in total. The van der Waals surface area contributed by atoms with Crippen LogP contribution >= 0.6 is 22.6 Å². The molecule has 1 heterocycles. The van der Waals surface area contributed by atoms with E-state index in [0.29, 0.717) is 23.4 Å². The van der Waals surface area contributed by atoms with Gasteiger partial charge in [0.05, 0.1) is 17.9 Å². The van der Waals surface area contributed by atoms with Crippen molar-refractivity contribution in [1.82, 2.24) is 5.32 Å². The number of halogens is 1. The van der Waals surface area contributed by atoms with Crippen LogP contribution in [0.25, 0.3) is 6.08 Å². The van der Waals surface area contributed by atoms with Crippen LogP contribution in [0.15, 0.2) is 78.4 Å². The summed E-state index contributed by atoms with van der Waals surface area (Å²) in [6.07, 6.45) is 1.36. The van der Waals surface area contributed by atoms with Gasteiger partial charge in [0.25, 0.3) is 11.8 Å². The number of barbiturate groups is 1. The Hall–Kier alpha value is -3.99. The molecule has 1 aliphatic heterocycles. The number of amides is 4. The number of carbonyl (C=O) groups is 4. The predicted molar refractivity (Wildman–Crippen MR) is 137 cm³/mol. The van der Waals surface area contributed by atoms with E-state index in [9.17, 15) is 19.2 Å². The number of nitrogens with one attached hydrogen (secondary N) is 1. The summed E-state index contributed by atoms with van der Waals surface area (Å²) < 4.78 is 12.0. The summed E-state index contributed by atoms with van der Waals surface area (Å²) in [5, 5.41) is 2.20. The molecule has 0 radical (unpaired) electrons. The summed E-state index contributed by atoms with van der Waals surface area (Å²) in [6, 6.07) is 19.1. The molecule has 8 nitrogen and oxygen atoms in total. The number of benzene rings is 3. The quantitative estimate of drug-likeness (QED) is 0.150. The van der Waals surface area contributed by atoms with Gasteiger partial charge in [0.2, 0.25) is 0 Å². The van der Waals surface area contributed by atoms with Gasteiger partial charge in [0.15, 0.2) is 11.5 Å². The fourth-order valence-electron chi connectivity index (χ4n) is 3.35. The third kappa shape index (κ3) is 5.40. The minimum absolute atomic E-state index is 0.193. The Labute approximate surface area is 214 Å². The number of nitrogens with zero attached hydrogens (tertiary/aromatic N) is 1. The summed E-state index contributed by atoms with van der Waals surface area (Å²) >= 11 is 2.11. The zero-order chi connectivity index (χ0) is 24.9. The highest BCUT2D eigenvalue weighted by atomic mass is 127. The van der Waals surface area contributed by atoms with Gasteiger partial charge in [-0.3, -0.25) is 14.9 Å². The summed E-state index contributed by atoms with van der Waals surface area (Å²) in [5.74, 6) is -1.65. The molecule has 4 rings (SSSR count). The van der Waals surface area contributed by atoms with E-state index in [-0.39, 0.29) is 17.1 Å². The van der Waals surface area contributed by atoms with Crippen LogP contribution in [0.3, 0.4) is 0 Å². The van der Waals surface area contributed by atoms with Crippen LogP contribution in [-0.4, -0.2) is 30.4 Å². The van der Waals surface area contributed by atoms with Crippen molar-refractivity contribution < 1.29 is 28.7 Å². The van der Waals surface area contributed by atoms with Crippen LogP contribution in [0, 0.1) is 3.57 Å². The van der Waals surface area contributed by atoms with E-state index in [1.807, 2.05) is 0 Å². The standard InChI is InChI=1S/C26H19IN2O6/c1-2-34-22-15-16(8-13-21(22)35-25(32)17-6-4-3-5-7-17)14-20-23(30)28-26(33)29(24(20)31)19-11-9-18(27)10-12-19/h3-15H,2H2,1H3,(H,28,30,33)/b20-14+. The summed E-state index contributed by atoms with van der Waals surface area (Å²) in [7, 11) is 0. The largest absolute Gasteiger partial charge is 0.490 e. The number of urea groups is 1. The molecule has 1 fully saturated rings. The predicted octanol–water partition coefficient (Wildman–Crippen LogP) is 4.58. The first-order chi connectivity index (χ1) is 16.9. The molecular weight excluding hydrogens is 563 g/mol. The van der Waals surface area contributed by atoms with E-state index in [0.717, 1.165) is 8.47 Å². The molecule has 0 aromatic heterocycles. The van der Waals surface area contributed by atoms with Gasteiger partial charge in [0, 0.05) is 3.57 Å². The molecule has 176 valence electrons. The van der Waals surface area contributed by atoms with Gasteiger partial charge in [-0.05, 0) is 89.7 Å². The third-order valence-corrected chi connectivity index (χ3v) is 5.70. The molecule has 9 heteroatoms. The van der Waals surface area contributed by atoms with Crippen LogP contribution < -0.4 is 19.7 Å². The second kappa shape index (κ2) is 10.5. The Morgan fingerprint density at radius 1 is 0.971 bits per heavy atom. The maximum absolute atomic E-state index is 13.1. The monoisotopic (exact) mass is 582 g/mol. The number of carbonyl (C=O) groups excluding carboxylic acids is 4. The van der Waals surface area contributed by atoms with Crippen LogP contribution in [0.2, 0.25) is 0 Å². The average Bonchev–Trinajstić information content (AvgIpc) is 2.85. The van der Waals surface area contributed by atoms with Gasteiger partial charge in [-0.2, -0.15) is 0 Å². The lowest BCUT2D eigenvalue weighted by Gasteiger charge is -2.26. The second-order valence-electron chi connectivity index (χ2n) is 7.33. The van der Waals surface area contributed by atoms with Crippen molar-refractivity contribution in [3.8, 4) is 11.5 Å². The average molecular weight is 582 g/mol. The van der Waals surface area contributed by atoms with Crippen molar-refractivity contribution in [1.29, 1.82) is 0 Å². The molecule has 1 aliphatic rings. The summed E-state index contributed by atoms with van der Waals surface area (Å²) in [4.78, 5) is 51.3. The zero-order valence-electron chi connectivity index (χ0n) is 18.5. The number of esters is 1. The molecular formula is C26H19IN2O6. The third-order valence-electron chi connectivity index (χ3n) is 4.98. The number of imide groups is 2. The van der Waals surface area contributed by atoms with E-state index in [1.165, 1.54) is 12.1 Å². The van der Waals surface area contributed by atoms with Crippen LogP contribution in [0.4, 0.5) is 10.5 Å². The van der Waals surface area contributed by atoms with Gasteiger partial charge in [-0.1, -0.05) is 24.3 Å². The van der Waals surface area contributed by atoms with Crippen LogP contribution in [0.5, 0.6) is 11.5 Å². The van der Waals surface area contributed by atoms with Crippen molar-refractivity contribution in [3.63, 3.8) is 0 Å². The minimum atomic E-state index is -0.823. The molecule has 0 saturated carbocycles. The van der Waals surface area contributed by atoms with E-state index in [2.05, 4.69) is 27.9 Å². The smallest absolute Gasteiger partial charge is 0.343 e. The summed E-state index contributed by atoms with van der Waals surface area (Å²) in [6.45, 7) is 2.07. The van der Waals surface area contributed by atoms with Crippen LogP contribution in [0.1, 0.15) is 22.8 Å². The van der Waals surface area contributed by atoms with Crippen molar-refractivity contribution in [2.24, 2.45) is 0 Å². The Bertz CT molecular complexity index is 1340. The van der Waals surface area contributed by atoms with Crippen molar-refractivity contribution in [2.75, 3.05) is 11.5 Å². The van der Waals surface area contributed by atoms with Gasteiger partial charge >= 0.3 is 12.0 Å². The van der Waals surface area contributed by atoms with Gasteiger partial charge in [0.1, 0.15) is 5.57 Å². The molecule has 0 aliphatic carbocycles. The first-order valence-corrected chi connectivity index (χ1v) is 11.7. The first-order valence-electron chi connectivity index (χ1n) is 10.6. The molecule has 0 spiro atoms. The number of anilines is 1. The van der Waals surface area contributed by atoms with Gasteiger partial charge in [-0.15, -0.1) is 0 Å². The lowest BCUT2D eigenvalue weighted by atomic mass is 10.1. The maximum Gasteiger partial charge on any atom is 0.343 e. The highest BCUT2D eigenvalue weighted by Crippen LogP contribution is 2.31. The van der Waals surface area contributed by atoms with E-state index in [4.69, 9.17) is 9.47 Å². The number of ether oxygens (including phenoxy) is 2. The van der Waals surface area contributed by atoms with Gasteiger partial charge in [-0.25, -0.2) is 14.5 Å². The maximum atomic E-state index is 13.1. The highest BCUT2D eigenvalue weighted by molar-refractivity contribution is 14.1. The minimum Gasteiger partial charge on any atom is -0.490 e.